The van der Waals surface area contributed by atoms with Crippen molar-refractivity contribution in [3.63, 3.8) is 0 Å². The maximum absolute atomic E-state index is 11.9. The van der Waals surface area contributed by atoms with Gasteiger partial charge in [0.25, 0.3) is 5.91 Å². The molecule has 0 bridgehead atoms. The van der Waals surface area contributed by atoms with Crippen LogP contribution in [0.4, 0.5) is 0 Å². The molecular formula is C13H15ClN2O4. The van der Waals surface area contributed by atoms with Crippen LogP contribution in [0.2, 0.25) is 5.02 Å². The Morgan fingerprint density at radius 1 is 1.55 bits per heavy atom. The Labute approximate surface area is 121 Å². The van der Waals surface area contributed by atoms with Gasteiger partial charge >= 0.3 is 5.97 Å². The van der Waals surface area contributed by atoms with Gasteiger partial charge < -0.3 is 14.7 Å². The number of carbonyl (C=O) groups excluding carboxylic acids is 1. The van der Waals surface area contributed by atoms with E-state index in [1.165, 1.54) is 19.3 Å². The van der Waals surface area contributed by atoms with Gasteiger partial charge in [-0.2, -0.15) is 0 Å². The van der Waals surface area contributed by atoms with E-state index < -0.39 is 11.9 Å². The molecule has 1 heterocycles. The number of pyridine rings is 1. The van der Waals surface area contributed by atoms with Crippen molar-refractivity contribution in [3.05, 3.63) is 22.8 Å². The lowest BCUT2D eigenvalue weighted by molar-refractivity contribution is -0.137. The molecule has 108 valence electrons. The summed E-state index contributed by atoms with van der Waals surface area (Å²) >= 11 is 6.01. The van der Waals surface area contributed by atoms with E-state index in [4.69, 9.17) is 21.4 Å². The number of carboxylic acids is 1. The fraction of sp³-hybridized carbons (Fsp3) is 0.462. The first kappa shape index (κ1) is 14.6. The average molecular weight is 299 g/mol. The smallest absolute Gasteiger partial charge is 0.323 e. The number of aromatic nitrogens is 1. The van der Waals surface area contributed by atoms with E-state index in [-0.39, 0.29) is 17.1 Å². The third-order valence-electron chi connectivity index (χ3n) is 2.93. The Balaban J connectivity index is 2.02. The lowest BCUT2D eigenvalue weighted by Crippen LogP contribution is -2.32. The molecule has 20 heavy (non-hydrogen) atoms. The normalized spacial score (nSPS) is 13.9. The van der Waals surface area contributed by atoms with Crippen molar-refractivity contribution in [1.29, 1.82) is 0 Å². The van der Waals surface area contributed by atoms with E-state index >= 15 is 0 Å². The largest absolute Gasteiger partial charge is 0.480 e. The summed E-state index contributed by atoms with van der Waals surface area (Å²) in [6.45, 7) is 0.204. The zero-order valence-corrected chi connectivity index (χ0v) is 11.8. The summed E-state index contributed by atoms with van der Waals surface area (Å²) in [5.74, 6) is -0.647. The number of aliphatic carboxylic acids is 1. The zero-order chi connectivity index (χ0) is 14.7. The Kier molecular flexibility index (Phi) is 4.44. The first-order chi connectivity index (χ1) is 9.47. The molecule has 2 rings (SSSR count). The summed E-state index contributed by atoms with van der Waals surface area (Å²) in [5.41, 5.74) is 0.234. The van der Waals surface area contributed by atoms with E-state index in [9.17, 15) is 9.59 Å². The number of halogens is 1. The predicted octanol–water partition coefficient (Wildman–Crippen LogP) is 1.68. The van der Waals surface area contributed by atoms with Crippen LogP contribution < -0.4 is 4.74 Å². The number of carboxylic acid groups (broad SMARTS) is 1. The maximum atomic E-state index is 11.9. The van der Waals surface area contributed by atoms with Crippen molar-refractivity contribution in [2.24, 2.45) is 5.92 Å². The molecule has 0 unspecified atom stereocenters. The van der Waals surface area contributed by atoms with Crippen molar-refractivity contribution in [3.8, 4) is 5.88 Å². The molecule has 0 spiro atoms. The minimum Gasteiger partial charge on any atom is -0.480 e. The highest BCUT2D eigenvalue weighted by Gasteiger charge is 2.23. The molecule has 0 radical (unpaired) electrons. The number of hydrogen-bond acceptors (Lipinski definition) is 4. The van der Waals surface area contributed by atoms with Crippen LogP contribution in [0.1, 0.15) is 23.2 Å². The Morgan fingerprint density at radius 3 is 2.80 bits per heavy atom. The van der Waals surface area contributed by atoms with Gasteiger partial charge in [-0.25, -0.2) is 4.98 Å². The second-order valence-electron chi connectivity index (χ2n) is 4.82. The van der Waals surface area contributed by atoms with Crippen LogP contribution in [0.25, 0.3) is 0 Å². The van der Waals surface area contributed by atoms with E-state index in [0.29, 0.717) is 18.4 Å². The molecule has 1 aromatic rings. The summed E-state index contributed by atoms with van der Waals surface area (Å²) in [7, 11) is 1.40. The van der Waals surface area contributed by atoms with Gasteiger partial charge in [0.15, 0.2) is 0 Å². The van der Waals surface area contributed by atoms with Crippen LogP contribution in [-0.2, 0) is 4.79 Å². The van der Waals surface area contributed by atoms with Crippen LogP contribution in [0, 0.1) is 5.92 Å². The number of nitrogens with zero attached hydrogens (tertiary/aromatic N) is 2. The lowest BCUT2D eigenvalue weighted by atomic mass is 10.2. The molecule has 0 aromatic carbocycles. The van der Waals surface area contributed by atoms with E-state index in [2.05, 4.69) is 4.98 Å². The van der Waals surface area contributed by atoms with Gasteiger partial charge in [-0.15, -0.1) is 0 Å². The molecule has 1 amide bonds. The van der Waals surface area contributed by atoms with Crippen LogP contribution in [0.3, 0.4) is 0 Å². The highest BCUT2D eigenvalue weighted by Crippen LogP contribution is 2.31. The number of amides is 1. The van der Waals surface area contributed by atoms with Gasteiger partial charge in [0, 0.05) is 13.2 Å². The summed E-state index contributed by atoms with van der Waals surface area (Å²) in [5, 5.41) is 8.90. The highest BCUT2D eigenvalue weighted by molar-refractivity contribution is 6.32. The molecule has 6 nitrogen and oxygen atoms in total. The first-order valence-corrected chi connectivity index (χ1v) is 6.60. The molecule has 0 atom stereocenters. The van der Waals surface area contributed by atoms with Crippen LogP contribution in [0.5, 0.6) is 5.88 Å². The fourth-order valence-electron chi connectivity index (χ4n) is 1.62. The third-order valence-corrected chi connectivity index (χ3v) is 3.20. The number of carbonyl (C=O) groups is 2. The molecule has 0 saturated heterocycles. The van der Waals surface area contributed by atoms with Crippen molar-refractivity contribution >= 4 is 23.5 Å². The topological polar surface area (TPSA) is 79.7 Å². The second kappa shape index (κ2) is 6.09. The van der Waals surface area contributed by atoms with Crippen molar-refractivity contribution in [1.82, 2.24) is 9.88 Å². The third kappa shape index (κ3) is 3.84. The van der Waals surface area contributed by atoms with Gasteiger partial charge in [-0.1, -0.05) is 11.6 Å². The second-order valence-corrected chi connectivity index (χ2v) is 5.23. The number of ether oxygens (including phenoxy) is 1. The predicted molar refractivity (Wildman–Crippen MR) is 72.1 cm³/mol. The molecule has 0 aliphatic heterocycles. The summed E-state index contributed by atoms with van der Waals surface area (Å²) < 4.78 is 5.46. The quantitative estimate of drug-likeness (QED) is 0.864. The molecule has 1 aliphatic rings. The molecule has 1 aromatic heterocycles. The highest BCUT2D eigenvalue weighted by atomic mass is 35.5. The van der Waals surface area contributed by atoms with Crippen molar-refractivity contribution in [2.45, 2.75) is 12.8 Å². The maximum Gasteiger partial charge on any atom is 0.323 e. The van der Waals surface area contributed by atoms with Gasteiger partial charge in [-0.3, -0.25) is 9.59 Å². The van der Waals surface area contributed by atoms with Crippen LogP contribution >= 0.6 is 11.6 Å². The first-order valence-electron chi connectivity index (χ1n) is 6.23. The summed E-state index contributed by atoms with van der Waals surface area (Å²) in [6.07, 6.45) is 3.66. The molecule has 1 fully saturated rings. The van der Waals surface area contributed by atoms with E-state index in [1.807, 2.05) is 0 Å². The minimum atomic E-state index is -1.08. The zero-order valence-electron chi connectivity index (χ0n) is 11.0. The minimum absolute atomic E-state index is 0.234. The molecule has 7 heteroatoms. The van der Waals surface area contributed by atoms with Gasteiger partial charge in [0.05, 0.1) is 12.2 Å². The molecular weight excluding hydrogens is 284 g/mol. The van der Waals surface area contributed by atoms with Crippen molar-refractivity contribution < 1.29 is 19.4 Å². The van der Waals surface area contributed by atoms with Crippen LogP contribution in [0.15, 0.2) is 12.3 Å². The number of likely N-dealkylation sites (N-methyl/N-ethyl adjacent to an activating group) is 1. The van der Waals surface area contributed by atoms with E-state index in [1.54, 1.807) is 0 Å². The summed E-state index contributed by atoms with van der Waals surface area (Å²) in [4.78, 5) is 27.6. The SMILES string of the molecule is CN(CC(=O)O)C(=O)c1cnc(OCC2CC2)c(Cl)c1. The molecule has 1 N–H and O–H groups in total. The van der Waals surface area contributed by atoms with E-state index in [0.717, 1.165) is 17.7 Å². The van der Waals surface area contributed by atoms with Crippen LogP contribution in [-0.4, -0.2) is 47.1 Å². The Morgan fingerprint density at radius 2 is 2.25 bits per heavy atom. The van der Waals surface area contributed by atoms with Gasteiger partial charge in [-0.05, 0) is 24.8 Å². The average Bonchev–Trinajstić information content (AvgIpc) is 3.19. The fourth-order valence-corrected chi connectivity index (χ4v) is 1.85. The molecule has 1 aliphatic carbocycles. The van der Waals surface area contributed by atoms with Crippen molar-refractivity contribution in [2.75, 3.05) is 20.2 Å². The number of hydrogen-bond donors (Lipinski definition) is 1. The molecule has 1 saturated carbocycles. The Bertz CT molecular complexity index is 531. The monoisotopic (exact) mass is 298 g/mol. The van der Waals surface area contributed by atoms with Gasteiger partial charge in [0.2, 0.25) is 5.88 Å². The lowest BCUT2D eigenvalue weighted by Gasteiger charge is -2.15. The summed E-state index contributed by atoms with van der Waals surface area (Å²) in [6, 6.07) is 1.44. The number of rotatable bonds is 6. The van der Waals surface area contributed by atoms with Gasteiger partial charge in [0.1, 0.15) is 11.6 Å². The Hall–Kier alpha value is -1.82. The standard InChI is InChI=1S/C13H15ClN2O4/c1-16(6-11(17)18)13(19)9-4-10(14)12(15-5-9)20-7-8-2-3-8/h4-5,8H,2-3,6-7H2,1H3,(H,17,18).